The summed E-state index contributed by atoms with van der Waals surface area (Å²) in [5, 5.41) is -0.529. The van der Waals surface area contributed by atoms with Gasteiger partial charge in [-0.3, -0.25) is 9.36 Å². The zero-order valence-electron chi connectivity index (χ0n) is 17.2. The molecule has 0 radical (unpaired) electrons. The lowest BCUT2D eigenvalue weighted by molar-refractivity contribution is -0.137. The third kappa shape index (κ3) is 3.83. The van der Waals surface area contributed by atoms with Crippen LogP contribution in [-0.4, -0.2) is 41.4 Å². The average molecular weight is 457 g/mol. The van der Waals surface area contributed by atoms with Crippen molar-refractivity contribution >= 4 is 17.4 Å². The Morgan fingerprint density at radius 1 is 1.29 bits per heavy atom. The highest BCUT2D eigenvalue weighted by atomic mass is 35.5. The second kappa shape index (κ2) is 7.79. The number of aromatic nitrogens is 2. The lowest BCUT2D eigenvalue weighted by Gasteiger charge is -2.41. The summed E-state index contributed by atoms with van der Waals surface area (Å²) in [7, 11) is 0. The standard InChI is InChI=1S/C21H24ClF3N4O2/c1-12-19(26)20(11-31-12)6-8-28(9-7-20)16-10-17(30)29(13(2)27-16)15-5-3-4-14(18(15)22)21(23,24)25/h3-5,10,12,19H,6-9,11,26H2,1-2H3/t12-,19+/m0/s1. The van der Waals surface area contributed by atoms with Crippen LogP contribution < -0.4 is 16.2 Å². The molecule has 2 atom stereocenters. The largest absolute Gasteiger partial charge is 0.417 e. The normalized spacial score (nSPS) is 23.5. The predicted molar refractivity (Wildman–Crippen MR) is 112 cm³/mol. The van der Waals surface area contributed by atoms with E-state index in [2.05, 4.69) is 4.98 Å². The van der Waals surface area contributed by atoms with Crippen molar-refractivity contribution in [1.29, 1.82) is 0 Å². The fourth-order valence-electron chi connectivity index (χ4n) is 4.60. The Labute approximate surface area is 182 Å². The number of ether oxygens (including phenoxy) is 1. The average Bonchev–Trinajstić information content (AvgIpc) is 2.97. The number of anilines is 1. The minimum Gasteiger partial charge on any atom is -0.376 e. The Morgan fingerprint density at radius 3 is 2.52 bits per heavy atom. The first-order valence-electron chi connectivity index (χ1n) is 10.1. The Hall–Kier alpha value is -2.10. The van der Waals surface area contributed by atoms with Gasteiger partial charge in [0.1, 0.15) is 11.6 Å². The van der Waals surface area contributed by atoms with Gasteiger partial charge in [-0.05, 0) is 38.8 Å². The summed E-state index contributed by atoms with van der Waals surface area (Å²) in [5.41, 5.74) is 4.77. The quantitative estimate of drug-likeness (QED) is 0.748. The van der Waals surface area contributed by atoms with E-state index in [1.54, 1.807) is 6.92 Å². The van der Waals surface area contributed by atoms with Crippen LogP contribution in [-0.2, 0) is 10.9 Å². The zero-order valence-corrected chi connectivity index (χ0v) is 18.0. The van der Waals surface area contributed by atoms with E-state index in [1.165, 1.54) is 18.2 Å². The van der Waals surface area contributed by atoms with E-state index >= 15 is 0 Å². The van der Waals surface area contributed by atoms with Gasteiger partial charge in [-0.25, -0.2) is 4.98 Å². The fourth-order valence-corrected chi connectivity index (χ4v) is 4.92. The topological polar surface area (TPSA) is 73.4 Å². The van der Waals surface area contributed by atoms with Gasteiger partial charge in [-0.2, -0.15) is 13.2 Å². The zero-order chi connectivity index (χ0) is 22.6. The van der Waals surface area contributed by atoms with Gasteiger partial charge in [-0.1, -0.05) is 17.7 Å². The van der Waals surface area contributed by atoms with Crippen LogP contribution >= 0.6 is 11.6 Å². The number of nitrogens with two attached hydrogens (primary N) is 1. The second-order valence-electron chi connectivity index (χ2n) is 8.36. The molecule has 2 aromatic rings. The molecule has 0 saturated carbocycles. The van der Waals surface area contributed by atoms with Crippen molar-refractivity contribution < 1.29 is 17.9 Å². The number of rotatable bonds is 2. The molecule has 2 N–H and O–H groups in total. The van der Waals surface area contributed by atoms with E-state index in [9.17, 15) is 18.0 Å². The second-order valence-corrected chi connectivity index (χ2v) is 8.74. The summed E-state index contributed by atoms with van der Waals surface area (Å²) in [6, 6.07) is 4.80. The van der Waals surface area contributed by atoms with Crippen LogP contribution in [0, 0.1) is 12.3 Å². The maximum atomic E-state index is 13.2. The van der Waals surface area contributed by atoms with E-state index < -0.39 is 22.3 Å². The number of piperidine rings is 1. The molecule has 2 aliphatic heterocycles. The molecule has 6 nitrogen and oxygen atoms in total. The highest BCUT2D eigenvalue weighted by molar-refractivity contribution is 6.33. The van der Waals surface area contributed by atoms with Crippen molar-refractivity contribution in [2.75, 3.05) is 24.6 Å². The minimum atomic E-state index is -4.62. The number of halogens is 4. The maximum absolute atomic E-state index is 13.2. The summed E-state index contributed by atoms with van der Waals surface area (Å²) < 4.78 is 46.5. The Morgan fingerprint density at radius 2 is 1.97 bits per heavy atom. The number of hydrogen-bond donors (Lipinski definition) is 1. The molecular weight excluding hydrogens is 433 g/mol. The number of aryl methyl sites for hydroxylation is 1. The summed E-state index contributed by atoms with van der Waals surface area (Å²) >= 11 is 6.01. The molecular formula is C21H24ClF3N4O2. The highest BCUT2D eigenvalue weighted by Crippen LogP contribution is 2.42. The monoisotopic (exact) mass is 456 g/mol. The van der Waals surface area contributed by atoms with E-state index in [4.69, 9.17) is 22.1 Å². The first-order valence-corrected chi connectivity index (χ1v) is 10.5. The maximum Gasteiger partial charge on any atom is 0.417 e. The van der Waals surface area contributed by atoms with Crippen molar-refractivity contribution in [3.05, 3.63) is 51.0 Å². The van der Waals surface area contributed by atoms with Crippen LogP contribution in [0.3, 0.4) is 0 Å². The van der Waals surface area contributed by atoms with Crippen molar-refractivity contribution in [2.45, 2.75) is 45.0 Å². The number of benzene rings is 1. The van der Waals surface area contributed by atoms with Crippen molar-refractivity contribution in [3.8, 4) is 5.69 Å². The van der Waals surface area contributed by atoms with Crippen LogP contribution in [0.15, 0.2) is 29.1 Å². The van der Waals surface area contributed by atoms with Gasteiger partial charge in [0, 0.05) is 30.6 Å². The van der Waals surface area contributed by atoms with Gasteiger partial charge in [0.25, 0.3) is 5.56 Å². The SMILES string of the molecule is Cc1nc(N2CCC3(CC2)CO[C@@H](C)[C@H]3N)cc(=O)n1-c1cccc(C(F)(F)F)c1Cl. The molecule has 0 unspecified atom stereocenters. The van der Waals surface area contributed by atoms with Gasteiger partial charge < -0.3 is 15.4 Å². The predicted octanol–water partition coefficient (Wildman–Crippen LogP) is 3.55. The summed E-state index contributed by atoms with van der Waals surface area (Å²) in [6.07, 6.45) is -2.96. The minimum absolute atomic E-state index is 0.0213. The molecule has 4 rings (SSSR count). The van der Waals surface area contributed by atoms with E-state index in [0.717, 1.165) is 23.5 Å². The summed E-state index contributed by atoms with van der Waals surface area (Å²) in [5.74, 6) is 0.760. The molecule has 31 heavy (non-hydrogen) atoms. The van der Waals surface area contributed by atoms with Gasteiger partial charge >= 0.3 is 6.18 Å². The number of alkyl halides is 3. The molecule has 3 heterocycles. The molecule has 0 aliphatic carbocycles. The fraction of sp³-hybridized carbons (Fsp3) is 0.524. The molecule has 2 aliphatic rings. The van der Waals surface area contributed by atoms with Crippen molar-refractivity contribution in [3.63, 3.8) is 0 Å². The number of hydrogen-bond acceptors (Lipinski definition) is 5. The molecule has 2 fully saturated rings. The third-order valence-corrected chi connectivity index (χ3v) is 6.92. The van der Waals surface area contributed by atoms with E-state index in [1.807, 2.05) is 11.8 Å². The van der Waals surface area contributed by atoms with Gasteiger partial charge in [0.2, 0.25) is 0 Å². The van der Waals surface area contributed by atoms with Gasteiger partial charge in [0.05, 0.1) is 29.0 Å². The molecule has 2 saturated heterocycles. The van der Waals surface area contributed by atoms with Crippen LogP contribution in [0.25, 0.3) is 5.69 Å². The Bertz CT molecular complexity index is 1050. The van der Waals surface area contributed by atoms with Crippen LogP contribution in [0.2, 0.25) is 5.02 Å². The molecule has 10 heteroatoms. The van der Waals surface area contributed by atoms with Gasteiger partial charge in [0.15, 0.2) is 0 Å². The lowest BCUT2D eigenvalue weighted by atomic mass is 9.73. The smallest absolute Gasteiger partial charge is 0.376 e. The van der Waals surface area contributed by atoms with Crippen molar-refractivity contribution in [1.82, 2.24) is 9.55 Å². The Kier molecular flexibility index (Phi) is 5.56. The molecule has 1 aromatic carbocycles. The highest BCUT2D eigenvalue weighted by Gasteiger charge is 2.47. The van der Waals surface area contributed by atoms with Crippen LogP contribution in [0.5, 0.6) is 0 Å². The van der Waals surface area contributed by atoms with E-state index in [-0.39, 0.29) is 29.1 Å². The first kappa shape index (κ1) is 22.1. The van der Waals surface area contributed by atoms with Crippen LogP contribution in [0.4, 0.5) is 19.0 Å². The van der Waals surface area contributed by atoms with Crippen LogP contribution in [0.1, 0.15) is 31.2 Å². The Balaban J connectivity index is 1.62. The van der Waals surface area contributed by atoms with Gasteiger partial charge in [-0.15, -0.1) is 0 Å². The molecule has 1 aromatic heterocycles. The molecule has 0 bridgehead atoms. The van der Waals surface area contributed by atoms with Crippen molar-refractivity contribution in [2.24, 2.45) is 11.1 Å². The van der Waals surface area contributed by atoms with E-state index in [0.29, 0.717) is 25.5 Å². The molecule has 1 spiro atoms. The summed E-state index contributed by atoms with van der Waals surface area (Å²) in [4.78, 5) is 19.4. The first-order chi connectivity index (χ1) is 14.5. The summed E-state index contributed by atoms with van der Waals surface area (Å²) in [6.45, 7) is 5.53. The number of nitrogens with zero attached hydrogens (tertiary/aromatic N) is 3. The molecule has 0 amide bonds. The third-order valence-electron chi connectivity index (χ3n) is 6.53. The lowest BCUT2D eigenvalue weighted by Crippen LogP contribution is -2.51. The molecule has 168 valence electrons.